The van der Waals surface area contributed by atoms with Gasteiger partial charge in [-0.15, -0.1) is 0 Å². The Bertz CT molecular complexity index is 853. The van der Waals surface area contributed by atoms with Gasteiger partial charge in [0.2, 0.25) is 0 Å². The highest BCUT2D eigenvalue weighted by atomic mass is 16.3. The normalized spacial score (nSPS) is 18.7. The van der Waals surface area contributed by atoms with Gasteiger partial charge < -0.3 is 20.3 Å². The van der Waals surface area contributed by atoms with Crippen LogP contribution in [0.1, 0.15) is 25.3 Å². The molecule has 1 aromatic carbocycles. The van der Waals surface area contributed by atoms with Crippen molar-refractivity contribution in [2.24, 2.45) is 0 Å². The molecular weight excluding hydrogens is 324 g/mol. The van der Waals surface area contributed by atoms with Crippen molar-refractivity contribution in [2.45, 2.75) is 31.4 Å². The van der Waals surface area contributed by atoms with E-state index in [9.17, 15) is 5.11 Å². The van der Waals surface area contributed by atoms with Gasteiger partial charge in [-0.3, -0.25) is 0 Å². The summed E-state index contributed by atoms with van der Waals surface area (Å²) in [6.07, 6.45) is 5.26. The Balaban J connectivity index is 1.38. The van der Waals surface area contributed by atoms with Crippen LogP contribution in [-0.4, -0.2) is 45.7 Å². The molecule has 5 nitrogen and oxygen atoms in total. The molecular formula is C21H26N4O. The zero-order chi connectivity index (χ0) is 18.0. The minimum absolute atomic E-state index is 0.309. The number of anilines is 1. The van der Waals surface area contributed by atoms with Gasteiger partial charge in [0.1, 0.15) is 5.82 Å². The van der Waals surface area contributed by atoms with Crippen molar-refractivity contribution in [3.63, 3.8) is 0 Å². The highest BCUT2D eigenvalue weighted by Crippen LogP contribution is 2.36. The molecule has 0 radical (unpaired) electrons. The SMILES string of the molecule is C[C@H](CN1CCC(O)(c2cccc3[nH]ccc23)CC1)Nc1ccccn1. The van der Waals surface area contributed by atoms with E-state index in [-0.39, 0.29) is 0 Å². The first-order valence-corrected chi connectivity index (χ1v) is 9.33. The highest BCUT2D eigenvalue weighted by molar-refractivity contribution is 5.83. The Morgan fingerprint density at radius 2 is 2.04 bits per heavy atom. The molecule has 26 heavy (non-hydrogen) atoms. The molecule has 0 spiro atoms. The molecule has 2 aromatic heterocycles. The van der Waals surface area contributed by atoms with Gasteiger partial charge in [0.15, 0.2) is 0 Å². The van der Waals surface area contributed by atoms with Crippen LogP contribution in [0.25, 0.3) is 10.9 Å². The van der Waals surface area contributed by atoms with E-state index in [0.29, 0.717) is 6.04 Å². The van der Waals surface area contributed by atoms with Crippen LogP contribution >= 0.6 is 0 Å². The van der Waals surface area contributed by atoms with Gasteiger partial charge in [0.05, 0.1) is 5.60 Å². The van der Waals surface area contributed by atoms with E-state index in [1.165, 1.54) is 0 Å². The van der Waals surface area contributed by atoms with E-state index < -0.39 is 5.60 Å². The van der Waals surface area contributed by atoms with Crippen molar-refractivity contribution in [1.82, 2.24) is 14.9 Å². The van der Waals surface area contributed by atoms with E-state index in [1.807, 2.05) is 30.5 Å². The molecule has 4 rings (SSSR count). The first kappa shape index (κ1) is 17.1. The number of rotatable bonds is 5. The van der Waals surface area contributed by atoms with Gasteiger partial charge in [-0.25, -0.2) is 4.98 Å². The largest absolute Gasteiger partial charge is 0.385 e. The third kappa shape index (κ3) is 3.45. The summed E-state index contributed by atoms with van der Waals surface area (Å²) in [5, 5.41) is 15.9. The zero-order valence-electron chi connectivity index (χ0n) is 15.2. The van der Waals surface area contributed by atoms with Crippen LogP contribution in [0.4, 0.5) is 5.82 Å². The van der Waals surface area contributed by atoms with Gasteiger partial charge in [0.25, 0.3) is 0 Å². The van der Waals surface area contributed by atoms with Gasteiger partial charge in [-0.2, -0.15) is 0 Å². The number of aliphatic hydroxyl groups is 1. The molecule has 0 bridgehead atoms. The molecule has 1 aliphatic rings. The summed E-state index contributed by atoms with van der Waals surface area (Å²) in [5.41, 5.74) is 1.40. The van der Waals surface area contributed by atoms with Crippen molar-refractivity contribution in [1.29, 1.82) is 0 Å². The van der Waals surface area contributed by atoms with Crippen molar-refractivity contribution in [3.8, 4) is 0 Å². The summed E-state index contributed by atoms with van der Waals surface area (Å²) in [6.45, 7) is 4.91. The van der Waals surface area contributed by atoms with E-state index in [2.05, 4.69) is 45.3 Å². The van der Waals surface area contributed by atoms with E-state index in [1.54, 1.807) is 6.20 Å². The Morgan fingerprint density at radius 1 is 1.19 bits per heavy atom. The van der Waals surface area contributed by atoms with Crippen LogP contribution in [0.2, 0.25) is 0 Å². The number of H-pyrrole nitrogens is 1. The Labute approximate surface area is 154 Å². The number of nitrogens with zero attached hydrogens (tertiary/aromatic N) is 2. The maximum absolute atomic E-state index is 11.3. The molecule has 1 atom stereocenters. The minimum Gasteiger partial charge on any atom is -0.385 e. The summed E-state index contributed by atoms with van der Waals surface area (Å²) in [7, 11) is 0. The minimum atomic E-state index is -0.740. The molecule has 1 aliphatic heterocycles. The Hall–Kier alpha value is -2.37. The fourth-order valence-electron chi connectivity index (χ4n) is 4.00. The van der Waals surface area contributed by atoms with E-state index in [4.69, 9.17) is 0 Å². The second-order valence-corrected chi connectivity index (χ2v) is 7.34. The third-order valence-corrected chi connectivity index (χ3v) is 5.37. The number of fused-ring (bicyclic) bond motifs is 1. The second-order valence-electron chi connectivity index (χ2n) is 7.34. The summed E-state index contributed by atoms with van der Waals surface area (Å²) < 4.78 is 0. The number of aromatic nitrogens is 2. The maximum Gasteiger partial charge on any atom is 0.126 e. The van der Waals surface area contributed by atoms with Crippen molar-refractivity contribution < 1.29 is 5.11 Å². The fraction of sp³-hybridized carbons (Fsp3) is 0.381. The average molecular weight is 350 g/mol. The van der Waals surface area contributed by atoms with Gasteiger partial charge in [-0.05, 0) is 49.6 Å². The monoisotopic (exact) mass is 350 g/mol. The average Bonchev–Trinajstić information content (AvgIpc) is 3.13. The third-order valence-electron chi connectivity index (χ3n) is 5.37. The lowest BCUT2D eigenvalue weighted by molar-refractivity contribution is -0.0251. The second kappa shape index (κ2) is 7.09. The quantitative estimate of drug-likeness (QED) is 0.660. The van der Waals surface area contributed by atoms with E-state index >= 15 is 0 Å². The van der Waals surface area contributed by atoms with E-state index in [0.717, 1.165) is 54.8 Å². The predicted molar refractivity (Wildman–Crippen MR) is 105 cm³/mol. The topological polar surface area (TPSA) is 64.2 Å². The number of nitrogens with one attached hydrogen (secondary N) is 2. The number of hydrogen-bond donors (Lipinski definition) is 3. The molecule has 1 saturated heterocycles. The van der Waals surface area contributed by atoms with Crippen molar-refractivity contribution in [3.05, 3.63) is 60.4 Å². The number of benzene rings is 1. The fourth-order valence-corrected chi connectivity index (χ4v) is 4.00. The summed E-state index contributed by atoms with van der Waals surface area (Å²) >= 11 is 0. The summed E-state index contributed by atoms with van der Waals surface area (Å²) in [6, 6.07) is 14.4. The molecule has 0 unspecified atom stereocenters. The highest BCUT2D eigenvalue weighted by Gasteiger charge is 2.35. The number of piperidine rings is 1. The maximum atomic E-state index is 11.3. The number of pyridine rings is 1. The van der Waals surface area contributed by atoms with Crippen LogP contribution in [0.15, 0.2) is 54.9 Å². The Morgan fingerprint density at radius 3 is 2.81 bits per heavy atom. The summed E-state index contributed by atoms with van der Waals surface area (Å²) in [5.74, 6) is 0.910. The van der Waals surface area contributed by atoms with Crippen LogP contribution in [-0.2, 0) is 5.60 Å². The van der Waals surface area contributed by atoms with Crippen molar-refractivity contribution >= 4 is 16.7 Å². The molecule has 3 N–H and O–H groups in total. The molecule has 0 saturated carbocycles. The van der Waals surface area contributed by atoms with Crippen LogP contribution in [0.5, 0.6) is 0 Å². The zero-order valence-corrected chi connectivity index (χ0v) is 15.2. The van der Waals surface area contributed by atoms with Gasteiger partial charge >= 0.3 is 0 Å². The molecule has 0 amide bonds. The lowest BCUT2D eigenvalue weighted by atomic mass is 9.82. The lowest BCUT2D eigenvalue weighted by Gasteiger charge is -2.39. The first-order valence-electron chi connectivity index (χ1n) is 9.33. The summed E-state index contributed by atoms with van der Waals surface area (Å²) in [4.78, 5) is 9.99. The van der Waals surface area contributed by atoms with Gasteiger partial charge in [0, 0.05) is 49.0 Å². The molecule has 3 heterocycles. The van der Waals surface area contributed by atoms with Gasteiger partial charge in [-0.1, -0.05) is 18.2 Å². The first-order chi connectivity index (χ1) is 12.6. The lowest BCUT2D eigenvalue weighted by Crippen LogP contribution is -2.45. The molecule has 1 fully saturated rings. The number of aromatic amines is 1. The van der Waals surface area contributed by atoms with Crippen LogP contribution in [0.3, 0.4) is 0 Å². The molecule has 5 heteroatoms. The molecule has 136 valence electrons. The smallest absolute Gasteiger partial charge is 0.126 e. The predicted octanol–water partition coefficient (Wildman–Crippen LogP) is 3.35. The van der Waals surface area contributed by atoms with Crippen molar-refractivity contribution in [2.75, 3.05) is 25.0 Å². The molecule has 3 aromatic rings. The Kier molecular flexibility index (Phi) is 4.66. The number of likely N-dealkylation sites (tertiary alicyclic amines) is 1. The standard InChI is InChI=1S/C21H26N4O/c1-16(24-20-7-2-3-11-23-20)15-25-13-9-21(26,10-14-25)18-5-4-6-19-17(18)8-12-22-19/h2-8,11-12,16,22,26H,9-10,13-15H2,1H3,(H,23,24)/t16-/m1/s1. The number of hydrogen-bond acceptors (Lipinski definition) is 4. The molecule has 0 aliphatic carbocycles. The van der Waals surface area contributed by atoms with Crippen LogP contribution < -0.4 is 5.32 Å². The van der Waals surface area contributed by atoms with Crippen LogP contribution in [0, 0.1) is 0 Å².